The fourth-order valence-electron chi connectivity index (χ4n) is 2.25. The minimum Gasteiger partial charge on any atom is -0.393 e. The molecule has 1 saturated heterocycles. The number of carbonyl (C=O) groups is 4. The van der Waals surface area contributed by atoms with Gasteiger partial charge in [0.05, 0.1) is 11.8 Å². The quantitative estimate of drug-likeness (QED) is 0.461. The molecule has 0 aromatic carbocycles. The van der Waals surface area contributed by atoms with Crippen molar-refractivity contribution < 1.29 is 28.7 Å². The largest absolute Gasteiger partial charge is 0.393 e. The number of cyclic esters (lactones) is 4. The van der Waals surface area contributed by atoms with Crippen molar-refractivity contribution in [2.24, 2.45) is 11.8 Å². The second kappa shape index (κ2) is 5.12. The highest BCUT2D eigenvalue weighted by molar-refractivity contribution is 6.04. The Morgan fingerprint density at radius 2 is 1.22 bits per heavy atom. The summed E-state index contributed by atoms with van der Waals surface area (Å²) >= 11 is 0. The topological polar surface area (TPSA) is 86.7 Å². The highest BCUT2D eigenvalue weighted by Crippen LogP contribution is 2.36. The van der Waals surface area contributed by atoms with Gasteiger partial charge in [-0.15, -0.1) is 0 Å². The molecule has 0 aromatic rings. The Balaban J connectivity index is 0.000000149. The lowest BCUT2D eigenvalue weighted by Gasteiger charge is -2.18. The van der Waals surface area contributed by atoms with Gasteiger partial charge in [0.1, 0.15) is 0 Å². The summed E-state index contributed by atoms with van der Waals surface area (Å²) in [6, 6.07) is 0. The lowest BCUT2D eigenvalue weighted by Crippen LogP contribution is -2.21. The summed E-state index contributed by atoms with van der Waals surface area (Å²) in [5.74, 6) is -1.94. The van der Waals surface area contributed by atoms with Gasteiger partial charge in [0, 0.05) is 12.2 Å². The highest BCUT2D eigenvalue weighted by Gasteiger charge is 2.44. The minimum absolute atomic E-state index is 0.101. The molecule has 6 nitrogen and oxygen atoms in total. The maximum atomic E-state index is 11.0. The van der Waals surface area contributed by atoms with Crippen molar-refractivity contribution in [1.29, 1.82) is 0 Å². The summed E-state index contributed by atoms with van der Waals surface area (Å²) in [6.07, 6.45) is 5.97. The number of esters is 4. The third-order valence-corrected chi connectivity index (χ3v) is 3.13. The van der Waals surface area contributed by atoms with Crippen LogP contribution < -0.4 is 0 Å². The molecule has 96 valence electrons. The van der Waals surface area contributed by atoms with Crippen molar-refractivity contribution in [1.82, 2.24) is 0 Å². The zero-order valence-electron chi connectivity index (χ0n) is 9.59. The Morgan fingerprint density at radius 3 is 1.56 bits per heavy atom. The molecule has 2 fully saturated rings. The first-order chi connectivity index (χ1) is 8.58. The van der Waals surface area contributed by atoms with Crippen molar-refractivity contribution in [3.05, 3.63) is 12.2 Å². The smallest absolute Gasteiger partial charge is 0.338 e. The Morgan fingerprint density at radius 1 is 0.778 bits per heavy atom. The van der Waals surface area contributed by atoms with E-state index < -0.39 is 11.9 Å². The molecule has 1 saturated carbocycles. The number of fused-ring (bicyclic) bond motifs is 1. The molecule has 0 radical (unpaired) electrons. The van der Waals surface area contributed by atoms with Crippen molar-refractivity contribution in [2.75, 3.05) is 0 Å². The molecule has 2 aliphatic heterocycles. The lowest BCUT2D eigenvalue weighted by atomic mass is 9.81. The molecule has 3 rings (SSSR count). The lowest BCUT2D eigenvalue weighted by molar-refractivity contribution is -0.154. The van der Waals surface area contributed by atoms with E-state index in [-0.39, 0.29) is 23.8 Å². The number of carbonyl (C=O) groups excluding carboxylic acids is 4. The van der Waals surface area contributed by atoms with Crippen LogP contribution in [0.5, 0.6) is 0 Å². The number of ether oxygens (including phenoxy) is 2. The van der Waals surface area contributed by atoms with Crippen LogP contribution in [0.2, 0.25) is 0 Å². The van der Waals surface area contributed by atoms with Crippen LogP contribution in [0.1, 0.15) is 25.7 Å². The normalized spacial score (nSPS) is 29.3. The van der Waals surface area contributed by atoms with Gasteiger partial charge in [-0.3, -0.25) is 9.59 Å². The maximum Gasteiger partial charge on any atom is 0.338 e. The standard InChI is InChI=1S/C8H10O3.C4H2O3/c9-7-5-3-1-2-4-6(5)8(10)11-7;5-3-1-2-4(6)7-3/h5-6H,1-4H2;1-2H. The molecular weight excluding hydrogens is 240 g/mol. The monoisotopic (exact) mass is 252 g/mol. The van der Waals surface area contributed by atoms with Gasteiger partial charge in [-0.1, -0.05) is 12.8 Å². The van der Waals surface area contributed by atoms with Crippen LogP contribution in [0.25, 0.3) is 0 Å². The van der Waals surface area contributed by atoms with Crippen LogP contribution >= 0.6 is 0 Å². The summed E-state index contributed by atoms with van der Waals surface area (Å²) in [4.78, 5) is 41.8. The third kappa shape index (κ3) is 2.64. The number of rotatable bonds is 0. The molecule has 0 spiro atoms. The van der Waals surface area contributed by atoms with E-state index in [1.165, 1.54) is 0 Å². The van der Waals surface area contributed by atoms with Gasteiger partial charge >= 0.3 is 23.9 Å². The fourth-order valence-corrected chi connectivity index (χ4v) is 2.25. The summed E-state index contributed by atoms with van der Waals surface area (Å²) in [5, 5.41) is 0. The molecule has 0 bridgehead atoms. The first kappa shape index (κ1) is 12.5. The third-order valence-electron chi connectivity index (χ3n) is 3.13. The molecule has 0 amide bonds. The number of hydrogen-bond donors (Lipinski definition) is 0. The van der Waals surface area contributed by atoms with Gasteiger partial charge < -0.3 is 9.47 Å². The predicted molar refractivity (Wildman–Crippen MR) is 56.8 cm³/mol. The number of hydrogen-bond acceptors (Lipinski definition) is 6. The second-order valence-electron chi connectivity index (χ2n) is 4.31. The van der Waals surface area contributed by atoms with E-state index in [4.69, 9.17) is 0 Å². The van der Waals surface area contributed by atoms with Gasteiger partial charge in [0.2, 0.25) is 0 Å². The van der Waals surface area contributed by atoms with Crippen molar-refractivity contribution in [3.63, 3.8) is 0 Å². The van der Waals surface area contributed by atoms with Crippen molar-refractivity contribution >= 4 is 23.9 Å². The minimum atomic E-state index is -0.579. The van der Waals surface area contributed by atoms with E-state index in [0.29, 0.717) is 0 Å². The molecule has 0 aromatic heterocycles. The first-order valence-electron chi connectivity index (χ1n) is 5.77. The average Bonchev–Trinajstić information content (AvgIpc) is 2.85. The summed E-state index contributed by atoms with van der Waals surface area (Å²) in [5.41, 5.74) is 0. The molecule has 2 unspecified atom stereocenters. The van der Waals surface area contributed by atoms with E-state index in [9.17, 15) is 19.2 Å². The van der Waals surface area contributed by atoms with E-state index in [1.807, 2.05) is 0 Å². The van der Waals surface area contributed by atoms with E-state index in [2.05, 4.69) is 9.47 Å². The van der Waals surface area contributed by atoms with Crippen LogP contribution in [-0.4, -0.2) is 23.9 Å². The van der Waals surface area contributed by atoms with E-state index in [0.717, 1.165) is 37.8 Å². The van der Waals surface area contributed by atoms with E-state index in [1.54, 1.807) is 0 Å². The first-order valence-corrected chi connectivity index (χ1v) is 5.77. The van der Waals surface area contributed by atoms with Crippen LogP contribution in [0.15, 0.2) is 12.2 Å². The molecule has 3 aliphatic rings. The highest BCUT2D eigenvalue weighted by atomic mass is 16.6. The van der Waals surface area contributed by atoms with Gasteiger partial charge in [0.15, 0.2) is 0 Å². The Bertz CT molecular complexity index is 398. The zero-order chi connectivity index (χ0) is 13.1. The zero-order valence-corrected chi connectivity index (χ0v) is 9.59. The predicted octanol–water partition coefficient (Wildman–Crippen LogP) is 0.502. The summed E-state index contributed by atoms with van der Waals surface area (Å²) in [6.45, 7) is 0. The molecule has 0 N–H and O–H groups in total. The van der Waals surface area contributed by atoms with Crippen LogP contribution in [-0.2, 0) is 28.7 Å². The van der Waals surface area contributed by atoms with Crippen LogP contribution in [0.4, 0.5) is 0 Å². The molecule has 18 heavy (non-hydrogen) atoms. The van der Waals surface area contributed by atoms with Crippen LogP contribution in [0.3, 0.4) is 0 Å². The maximum absolute atomic E-state index is 11.0. The Hall–Kier alpha value is -1.98. The SMILES string of the molecule is O=C1C=CC(=O)O1.O=C1OC(=O)C2CCCCC12. The summed E-state index contributed by atoms with van der Waals surface area (Å²) < 4.78 is 8.50. The van der Waals surface area contributed by atoms with E-state index >= 15 is 0 Å². The summed E-state index contributed by atoms with van der Waals surface area (Å²) in [7, 11) is 0. The molecule has 6 heteroatoms. The van der Waals surface area contributed by atoms with Crippen LogP contribution in [0, 0.1) is 11.8 Å². The molecular formula is C12H12O6. The van der Waals surface area contributed by atoms with Gasteiger partial charge in [-0.25, -0.2) is 9.59 Å². The van der Waals surface area contributed by atoms with Crippen molar-refractivity contribution in [3.8, 4) is 0 Å². The molecule has 2 atom stereocenters. The molecule has 1 aliphatic carbocycles. The average molecular weight is 252 g/mol. The van der Waals surface area contributed by atoms with Gasteiger partial charge in [-0.2, -0.15) is 0 Å². The van der Waals surface area contributed by atoms with Crippen molar-refractivity contribution in [2.45, 2.75) is 25.7 Å². The van der Waals surface area contributed by atoms with Gasteiger partial charge in [-0.05, 0) is 12.8 Å². The Kier molecular flexibility index (Phi) is 3.55. The van der Waals surface area contributed by atoms with Gasteiger partial charge in [0.25, 0.3) is 0 Å². The second-order valence-corrected chi connectivity index (χ2v) is 4.31. The fraction of sp³-hybridized carbons (Fsp3) is 0.500. The molecule has 2 heterocycles. The Labute approximate surface area is 103 Å².